The molecule has 1 aromatic carbocycles. The van der Waals surface area contributed by atoms with E-state index in [4.69, 9.17) is 9.72 Å². The first-order valence-corrected chi connectivity index (χ1v) is 10.9. The van der Waals surface area contributed by atoms with Gasteiger partial charge in [0.05, 0.1) is 12.6 Å². The second kappa shape index (κ2) is 7.56. The predicted molar refractivity (Wildman–Crippen MR) is 112 cm³/mol. The number of alkyl carbamates (subject to hydrolysis) is 1. The molecule has 1 aromatic heterocycles. The number of esters is 1. The molecule has 4 fully saturated rings. The van der Waals surface area contributed by atoms with E-state index in [1.807, 2.05) is 12.1 Å². The molecule has 0 spiro atoms. The number of carbonyl (C=O) groups excluding carboxylic acids is 2. The number of ether oxygens (including phenoxy) is 2. The van der Waals surface area contributed by atoms with Gasteiger partial charge in [-0.05, 0) is 62.5 Å². The van der Waals surface area contributed by atoms with Crippen molar-refractivity contribution in [2.24, 2.45) is 23.7 Å². The smallest absolute Gasteiger partial charge is 0.408 e. The molecule has 0 saturated heterocycles. The molecule has 6 rings (SSSR count). The molecule has 4 aliphatic rings. The number of hydrogen-bond acceptors (Lipinski definition) is 5. The summed E-state index contributed by atoms with van der Waals surface area (Å²) < 4.78 is 10.6. The summed E-state index contributed by atoms with van der Waals surface area (Å²) in [6.45, 7) is 1.60. The molecule has 158 valence electrons. The Bertz CT molecular complexity index is 977. The Morgan fingerprint density at radius 2 is 1.87 bits per heavy atom. The lowest BCUT2D eigenvalue weighted by Crippen LogP contribution is -2.55. The number of benzene rings is 1. The summed E-state index contributed by atoms with van der Waals surface area (Å²) in [5.41, 5.74) is 2.14. The second-order valence-electron chi connectivity index (χ2n) is 9.21. The molecule has 30 heavy (non-hydrogen) atoms. The summed E-state index contributed by atoms with van der Waals surface area (Å²) in [7, 11) is 1.31. The zero-order valence-electron chi connectivity index (χ0n) is 17.4. The predicted octanol–water partition coefficient (Wildman–Crippen LogP) is 4.04. The highest BCUT2D eigenvalue weighted by Gasteiger charge is 2.55. The van der Waals surface area contributed by atoms with Crippen molar-refractivity contribution in [2.45, 2.75) is 50.7 Å². The SMILES string of the molecule is COC(=O)[C@H](C)NC(=O)OC1C2CC3CC(C2)C(c2ccc4ccccc4n2)C1C3. The third-order valence-corrected chi connectivity index (χ3v) is 7.43. The second-order valence-corrected chi connectivity index (χ2v) is 9.21. The summed E-state index contributed by atoms with van der Waals surface area (Å²) in [4.78, 5) is 29.2. The largest absolute Gasteiger partial charge is 0.467 e. The van der Waals surface area contributed by atoms with Crippen LogP contribution in [0.4, 0.5) is 4.79 Å². The maximum atomic E-state index is 12.5. The monoisotopic (exact) mass is 408 g/mol. The lowest BCUT2D eigenvalue weighted by molar-refractivity contribution is -0.143. The fraction of sp³-hybridized carbons (Fsp3) is 0.542. The Kier molecular flexibility index (Phi) is 4.88. The number of amides is 1. The van der Waals surface area contributed by atoms with Gasteiger partial charge in [0.15, 0.2) is 0 Å². The van der Waals surface area contributed by atoms with Crippen molar-refractivity contribution in [1.29, 1.82) is 0 Å². The van der Waals surface area contributed by atoms with Crippen LogP contribution in [0, 0.1) is 23.7 Å². The number of aromatic nitrogens is 1. The van der Waals surface area contributed by atoms with Crippen molar-refractivity contribution >= 4 is 23.0 Å². The molecule has 4 bridgehead atoms. The summed E-state index contributed by atoms with van der Waals surface area (Å²) in [6, 6.07) is 11.8. The first-order valence-electron chi connectivity index (χ1n) is 10.9. The Morgan fingerprint density at radius 3 is 2.70 bits per heavy atom. The van der Waals surface area contributed by atoms with Gasteiger partial charge in [0.25, 0.3) is 0 Å². The molecule has 0 aliphatic heterocycles. The first kappa shape index (κ1) is 19.3. The number of fused-ring (bicyclic) bond motifs is 1. The Labute approximate surface area is 176 Å². The summed E-state index contributed by atoms with van der Waals surface area (Å²) in [5, 5.41) is 3.76. The van der Waals surface area contributed by atoms with Gasteiger partial charge in [-0.25, -0.2) is 9.59 Å². The molecule has 0 radical (unpaired) electrons. The Morgan fingerprint density at radius 1 is 1.07 bits per heavy atom. The molecular formula is C24H28N2O4. The van der Waals surface area contributed by atoms with Crippen LogP contribution in [0.25, 0.3) is 10.9 Å². The Hall–Kier alpha value is -2.63. The third-order valence-electron chi connectivity index (χ3n) is 7.43. The van der Waals surface area contributed by atoms with Crippen molar-refractivity contribution in [1.82, 2.24) is 10.3 Å². The van der Waals surface area contributed by atoms with Crippen molar-refractivity contribution < 1.29 is 19.1 Å². The number of rotatable bonds is 4. The van der Waals surface area contributed by atoms with Gasteiger partial charge in [0, 0.05) is 22.9 Å². The maximum Gasteiger partial charge on any atom is 0.408 e. The molecular weight excluding hydrogens is 380 g/mol. The molecule has 1 N–H and O–H groups in total. The van der Waals surface area contributed by atoms with E-state index >= 15 is 0 Å². The van der Waals surface area contributed by atoms with Crippen molar-refractivity contribution in [3.8, 4) is 0 Å². The van der Waals surface area contributed by atoms with Crippen molar-refractivity contribution in [2.75, 3.05) is 7.11 Å². The van der Waals surface area contributed by atoms with Crippen LogP contribution in [-0.2, 0) is 14.3 Å². The van der Waals surface area contributed by atoms with Crippen LogP contribution < -0.4 is 5.32 Å². The zero-order chi connectivity index (χ0) is 20.8. The first-order chi connectivity index (χ1) is 14.5. The maximum absolute atomic E-state index is 12.5. The fourth-order valence-corrected chi connectivity index (χ4v) is 6.34. The van der Waals surface area contributed by atoms with Gasteiger partial charge in [-0.3, -0.25) is 4.98 Å². The number of carbonyl (C=O) groups is 2. The minimum absolute atomic E-state index is 0.124. The molecule has 7 atom stereocenters. The van der Waals surface area contributed by atoms with Crippen LogP contribution in [0.15, 0.2) is 36.4 Å². The van der Waals surface area contributed by atoms with E-state index in [2.05, 4.69) is 34.3 Å². The van der Waals surface area contributed by atoms with Crippen LogP contribution in [0.5, 0.6) is 0 Å². The van der Waals surface area contributed by atoms with E-state index < -0.39 is 18.1 Å². The Balaban J connectivity index is 1.38. The van der Waals surface area contributed by atoms with Crippen LogP contribution in [-0.4, -0.2) is 36.3 Å². The topological polar surface area (TPSA) is 77.5 Å². The van der Waals surface area contributed by atoms with Gasteiger partial charge in [-0.15, -0.1) is 0 Å². The van der Waals surface area contributed by atoms with E-state index in [-0.39, 0.29) is 12.0 Å². The molecule has 4 aliphatic carbocycles. The van der Waals surface area contributed by atoms with Crippen molar-refractivity contribution in [3.05, 3.63) is 42.1 Å². The van der Waals surface area contributed by atoms with Crippen molar-refractivity contribution in [3.63, 3.8) is 0 Å². The average Bonchev–Trinajstić information content (AvgIpc) is 2.75. The number of methoxy groups -OCH3 is 1. The minimum atomic E-state index is -0.725. The third kappa shape index (κ3) is 3.32. The van der Waals surface area contributed by atoms with Gasteiger partial charge in [0.1, 0.15) is 12.1 Å². The quantitative estimate of drug-likeness (QED) is 0.773. The van der Waals surface area contributed by atoms with E-state index in [0.29, 0.717) is 17.8 Å². The van der Waals surface area contributed by atoms with E-state index in [0.717, 1.165) is 41.8 Å². The summed E-state index contributed by atoms with van der Waals surface area (Å²) in [6.07, 6.45) is 3.89. The van der Waals surface area contributed by atoms with Gasteiger partial charge < -0.3 is 14.8 Å². The van der Waals surface area contributed by atoms with Crippen LogP contribution in [0.2, 0.25) is 0 Å². The molecule has 6 nitrogen and oxygen atoms in total. The van der Waals surface area contributed by atoms with Gasteiger partial charge in [-0.1, -0.05) is 24.3 Å². The highest BCUT2D eigenvalue weighted by atomic mass is 16.6. The molecule has 1 amide bonds. The fourth-order valence-electron chi connectivity index (χ4n) is 6.34. The van der Waals surface area contributed by atoms with E-state index in [9.17, 15) is 9.59 Å². The molecule has 4 saturated carbocycles. The number of hydrogen-bond donors (Lipinski definition) is 1. The van der Waals surface area contributed by atoms with Crippen LogP contribution in [0.3, 0.4) is 0 Å². The van der Waals surface area contributed by atoms with Crippen LogP contribution in [0.1, 0.15) is 44.2 Å². The highest BCUT2D eigenvalue weighted by molar-refractivity contribution is 5.81. The summed E-state index contributed by atoms with van der Waals surface area (Å²) >= 11 is 0. The van der Waals surface area contributed by atoms with E-state index in [1.165, 1.54) is 13.5 Å². The molecule has 6 heteroatoms. The van der Waals surface area contributed by atoms with Gasteiger partial charge in [-0.2, -0.15) is 0 Å². The summed E-state index contributed by atoms with van der Waals surface area (Å²) in [5.74, 6) is 1.87. The molecule has 2 aromatic rings. The number of para-hydroxylation sites is 1. The van der Waals surface area contributed by atoms with Gasteiger partial charge >= 0.3 is 12.1 Å². The highest BCUT2D eigenvalue weighted by Crippen LogP contribution is 2.60. The molecule has 1 heterocycles. The number of nitrogens with zero attached hydrogens (tertiary/aromatic N) is 1. The molecule has 6 unspecified atom stereocenters. The number of pyridine rings is 1. The van der Waals surface area contributed by atoms with Gasteiger partial charge in [0.2, 0.25) is 0 Å². The van der Waals surface area contributed by atoms with E-state index in [1.54, 1.807) is 6.92 Å². The lowest BCUT2D eigenvalue weighted by atomic mass is 9.50. The standard InChI is InChI=1S/C24H28N2O4/c1-13(23(27)29-2)25-24(28)30-22-17-10-14-9-16(12-17)21(18(22)11-14)20-8-7-15-5-3-4-6-19(15)26-20/h3-8,13-14,16-18,21-22H,9-12H2,1-2H3,(H,25,28)/t13-,14?,16?,17?,18?,21?,22?/m0/s1. The number of nitrogens with one attached hydrogen (secondary N) is 1. The lowest BCUT2D eigenvalue weighted by Gasteiger charge is -2.57. The van der Waals surface area contributed by atoms with Crippen LogP contribution >= 0.6 is 0 Å². The normalized spacial score (nSPS) is 32.6. The minimum Gasteiger partial charge on any atom is -0.467 e. The average molecular weight is 408 g/mol. The zero-order valence-corrected chi connectivity index (χ0v) is 17.4.